The molecular formula is C18H18F3N3O6S. The lowest BCUT2D eigenvalue weighted by molar-refractivity contribution is -0.176. The maximum Gasteiger partial charge on any atom is 0.471 e. The van der Waals surface area contributed by atoms with E-state index in [4.69, 9.17) is 4.74 Å². The Labute approximate surface area is 175 Å². The lowest BCUT2D eigenvalue weighted by Gasteiger charge is -2.22. The normalized spacial score (nSPS) is 19.1. The Kier molecular flexibility index (Phi) is 6.29. The maximum atomic E-state index is 12.7. The minimum atomic E-state index is -5.12. The number of alkyl halides is 3. The van der Waals surface area contributed by atoms with Crippen molar-refractivity contribution in [2.45, 2.75) is 25.1 Å². The van der Waals surface area contributed by atoms with Crippen LogP contribution in [0.2, 0.25) is 0 Å². The molecule has 9 nitrogen and oxygen atoms in total. The van der Waals surface area contributed by atoms with Gasteiger partial charge in [0.1, 0.15) is 17.7 Å². The van der Waals surface area contributed by atoms with Gasteiger partial charge in [0.2, 0.25) is 0 Å². The van der Waals surface area contributed by atoms with Crippen molar-refractivity contribution in [3.8, 4) is 11.5 Å². The fraction of sp³-hybridized carbons (Fsp3) is 0.278. The second-order valence-electron chi connectivity index (χ2n) is 6.59. The average Bonchev–Trinajstić information content (AvgIpc) is 2.93. The minimum Gasteiger partial charge on any atom is -0.506 e. The number of phenols is 1. The topological polar surface area (TPSA) is 128 Å². The molecule has 2 aromatic carbocycles. The third-order valence-electron chi connectivity index (χ3n) is 4.21. The number of nitrogens with one attached hydrogen (secondary N) is 2. The summed E-state index contributed by atoms with van der Waals surface area (Å²) in [5.41, 5.74) is 0.127. The van der Waals surface area contributed by atoms with Crippen molar-refractivity contribution >= 4 is 21.8 Å². The zero-order valence-corrected chi connectivity index (χ0v) is 16.5. The molecule has 1 heterocycles. The maximum absolute atomic E-state index is 12.7. The zero-order chi connectivity index (χ0) is 22.8. The largest absolute Gasteiger partial charge is 0.506 e. The zero-order valence-electron chi connectivity index (χ0n) is 15.7. The molecule has 1 aliphatic heterocycles. The number of rotatable bonds is 6. The van der Waals surface area contributed by atoms with Crippen LogP contribution in [0.4, 0.5) is 18.9 Å². The quantitative estimate of drug-likeness (QED) is 0.475. The van der Waals surface area contributed by atoms with Gasteiger partial charge in [0, 0.05) is 6.42 Å². The molecule has 0 saturated carbocycles. The number of aromatic hydroxyl groups is 1. The van der Waals surface area contributed by atoms with Gasteiger partial charge in [-0.25, -0.2) is 4.31 Å². The molecule has 0 spiro atoms. The predicted octanol–water partition coefficient (Wildman–Crippen LogP) is 0.991. The van der Waals surface area contributed by atoms with Gasteiger partial charge in [-0.15, -0.1) is 0 Å². The summed E-state index contributed by atoms with van der Waals surface area (Å²) >= 11 is 0. The molecule has 4 N–H and O–H groups in total. The Morgan fingerprint density at radius 2 is 1.94 bits per heavy atom. The molecule has 3 rings (SSSR count). The Hall–Kier alpha value is -3.03. The summed E-state index contributed by atoms with van der Waals surface area (Å²) in [4.78, 5) is 11.4. The Balaban J connectivity index is 1.82. The molecule has 31 heavy (non-hydrogen) atoms. The number of anilines is 1. The summed E-state index contributed by atoms with van der Waals surface area (Å²) in [6, 6.07) is 11.6. The van der Waals surface area contributed by atoms with Crippen LogP contribution in [-0.2, 0) is 21.4 Å². The molecule has 2 atom stereocenters. The molecule has 1 amide bonds. The average molecular weight is 461 g/mol. The van der Waals surface area contributed by atoms with Crippen LogP contribution in [-0.4, -0.2) is 49.7 Å². The first-order valence-corrected chi connectivity index (χ1v) is 10.3. The van der Waals surface area contributed by atoms with E-state index in [-0.39, 0.29) is 30.0 Å². The molecule has 1 aliphatic rings. The number of aliphatic hydroxyl groups excluding tert-OH is 1. The van der Waals surface area contributed by atoms with E-state index in [1.165, 1.54) is 24.3 Å². The van der Waals surface area contributed by atoms with Crippen LogP contribution in [0.3, 0.4) is 0 Å². The monoisotopic (exact) mass is 461 g/mol. The number of carbonyl (C=O) groups is 1. The van der Waals surface area contributed by atoms with Crippen molar-refractivity contribution in [1.82, 2.24) is 10.0 Å². The number of carbonyl (C=O) groups excluding carboxylic acids is 1. The van der Waals surface area contributed by atoms with Crippen LogP contribution in [0, 0.1) is 0 Å². The molecule has 1 saturated heterocycles. The number of benzene rings is 2. The van der Waals surface area contributed by atoms with Crippen molar-refractivity contribution in [1.29, 1.82) is 0 Å². The molecule has 0 bridgehead atoms. The molecule has 13 heteroatoms. The highest BCUT2D eigenvalue weighted by atomic mass is 32.2. The fourth-order valence-corrected chi connectivity index (χ4v) is 4.19. The number of para-hydroxylation sites is 1. The third-order valence-corrected chi connectivity index (χ3v) is 5.71. The summed E-state index contributed by atoms with van der Waals surface area (Å²) in [7, 11) is -4.05. The van der Waals surface area contributed by atoms with Gasteiger partial charge in [0.05, 0.1) is 12.2 Å². The Morgan fingerprint density at radius 1 is 1.26 bits per heavy atom. The van der Waals surface area contributed by atoms with E-state index in [0.717, 1.165) is 10.4 Å². The number of halogens is 3. The number of hydrogen-bond acceptors (Lipinski definition) is 6. The summed E-state index contributed by atoms with van der Waals surface area (Å²) in [6.07, 6.45) is -8.17. The molecule has 2 aromatic rings. The molecule has 0 aromatic heterocycles. The molecule has 0 radical (unpaired) electrons. The van der Waals surface area contributed by atoms with Crippen LogP contribution in [0.5, 0.6) is 11.5 Å². The second kappa shape index (κ2) is 8.61. The molecule has 0 aliphatic carbocycles. The first kappa shape index (κ1) is 22.7. The number of aliphatic hydroxyl groups is 1. The highest BCUT2D eigenvalue weighted by Crippen LogP contribution is 2.32. The first-order chi connectivity index (χ1) is 14.5. The lowest BCUT2D eigenvalue weighted by Crippen LogP contribution is -2.46. The molecule has 1 fully saturated rings. The number of β-amino-alcohol motifs (C(OH)–C–C–N with tert-alkyl or cyclic N) is 1. The number of nitrogens with zero attached hydrogens (tertiary/aromatic N) is 1. The van der Waals surface area contributed by atoms with Crippen LogP contribution in [0.15, 0.2) is 48.5 Å². The SMILES string of the molecule is O=C(N[C@H](Cc1ccc(N2CC(O)NS2(=O)=O)c(O)c1)Oc1ccccc1)C(F)(F)F. The first-order valence-electron chi connectivity index (χ1n) is 8.85. The summed E-state index contributed by atoms with van der Waals surface area (Å²) in [5.74, 6) is -2.48. The highest BCUT2D eigenvalue weighted by molar-refractivity contribution is 7.91. The minimum absolute atomic E-state index is 0.132. The van der Waals surface area contributed by atoms with E-state index in [2.05, 4.69) is 0 Å². The van der Waals surface area contributed by atoms with E-state index in [1.807, 2.05) is 4.72 Å². The van der Waals surface area contributed by atoms with Gasteiger partial charge < -0.3 is 20.3 Å². The van der Waals surface area contributed by atoms with Gasteiger partial charge in [0.25, 0.3) is 0 Å². The fourth-order valence-electron chi connectivity index (χ4n) is 2.89. The van der Waals surface area contributed by atoms with E-state index < -0.39 is 40.5 Å². The van der Waals surface area contributed by atoms with Crippen LogP contribution in [0.25, 0.3) is 0 Å². The number of ether oxygens (including phenoxy) is 1. The number of amides is 1. The lowest BCUT2D eigenvalue weighted by atomic mass is 10.1. The van der Waals surface area contributed by atoms with Crippen molar-refractivity contribution in [3.63, 3.8) is 0 Å². The number of hydrogen-bond donors (Lipinski definition) is 4. The van der Waals surface area contributed by atoms with Crippen LogP contribution in [0.1, 0.15) is 5.56 Å². The Morgan fingerprint density at radius 3 is 2.48 bits per heavy atom. The Bertz CT molecular complexity index is 1050. The standard InChI is InChI=1S/C18H18F3N3O6S/c19-18(20,21)17(27)22-16(30-12-4-2-1-3-5-12)9-11-6-7-13(14(25)8-11)24-10-15(26)23-31(24,28)29/h1-8,15-16,23,25-26H,9-10H2,(H,22,27)/t15?,16-/m0/s1. The van der Waals surface area contributed by atoms with E-state index in [1.54, 1.807) is 23.5 Å². The summed E-state index contributed by atoms with van der Waals surface area (Å²) in [5, 5.41) is 21.5. The molecule has 1 unspecified atom stereocenters. The van der Waals surface area contributed by atoms with Crippen molar-refractivity contribution in [2.75, 3.05) is 10.8 Å². The van der Waals surface area contributed by atoms with E-state index in [9.17, 15) is 36.6 Å². The highest BCUT2D eigenvalue weighted by Gasteiger charge is 2.40. The summed E-state index contributed by atoms with van der Waals surface area (Å²) < 4.78 is 70.1. The smallest absolute Gasteiger partial charge is 0.471 e. The van der Waals surface area contributed by atoms with Gasteiger partial charge in [-0.2, -0.15) is 26.3 Å². The predicted molar refractivity (Wildman–Crippen MR) is 102 cm³/mol. The molecule has 168 valence electrons. The van der Waals surface area contributed by atoms with Gasteiger partial charge >= 0.3 is 22.3 Å². The van der Waals surface area contributed by atoms with Crippen molar-refractivity contribution < 1.29 is 41.3 Å². The van der Waals surface area contributed by atoms with E-state index >= 15 is 0 Å². The molecular weight excluding hydrogens is 443 g/mol. The number of phenolic OH excluding ortho intramolecular Hbond substituents is 1. The van der Waals surface area contributed by atoms with Crippen LogP contribution >= 0.6 is 0 Å². The van der Waals surface area contributed by atoms with Gasteiger partial charge in [-0.3, -0.25) is 4.79 Å². The van der Waals surface area contributed by atoms with E-state index in [0.29, 0.717) is 0 Å². The van der Waals surface area contributed by atoms with Gasteiger partial charge in [-0.1, -0.05) is 24.3 Å². The van der Waals surface area contributed by atoms with Crippen LogP contribution < -0.4 is 19.1 Å². The van der Waals surface area contributed by atoms with Crippen molar-refractivity contribution in [3.05, 3.63) is 54.1 Å². The third kappa shape index (κ3) is 5.57. The van der Waals surface area contributed by atoms with Gasteiger partial charge in [0.15, 0.2) is 6.23 Å². The van der Waals surface area contributed by atoms with Gasteiger partial charge in [-0.05, 0) is 29.8 Å². The summed E-state index contributed by atoms with van der Waals surface area (Å²) in [6.45, 7) is -0.337. The second-order valence-corrected chi connectivity index (χ2v) is 8.21. The van der Waals surface area contributed by atoms with Crippen molar-refractivity contribution in [2.24, 2.45) is 0 Å².